The van der Waals surface area contributed by atoms with Gasteiger partial charge in [-0.3, -0.25) is 4.79 Å². The summed E-state index contributed by atoms with van der Waals surface area (Å²) in [7, 11) is 0. The summed E-state index contributed by atoms with van der Waals surface area (Å²) in [6.07, 6.45) is 0.339. The van der Waals surface area contributed by atoms with Crippen molar-refractivity contribution in [3.05, 3.63) is 29.8 Å². The number of hydrogen-bond acceptors (Lipinski definition) is 2. The molecule has 3 nitrogen and oxygen atoms in total. The number of nitrogens with zero attached hydrogens (tertiary/aromatic N) is 2. The predicted molar refractivity (Wildman–Crippen MR) is 61.8 cm³/mol. The fourth-order valence-electron chi connectivity index (χ4n) is 2.10. The molecular weight excluding hydrogens is 200 g/mol. The van der Waals surface area contributed by atoms with Crippen molar-refractivity contribution in [3.63, 3.8) is 0 Å². The lowest BCUT2D eigenvalue weighted by Crippen LogP contribution is -2.32. The number of benzene rings is 1. The van der Waals surface area contributed by atoms with Gasteiger partial charge in [0.1, 0.15) is 0 Å². The van der Waals surface area contributed by atoms with Gasteiger partial charge in [-0.1, -0.05) is 17.7 Å². The topological polar surface area (TPSA) is 44.1 Å². The Bertz CT molecular complexity index is 444. The van der Waals surface area contributed by atoms with E-state index in [0.29, 0.717) is 6.42 Å². The van der Waals surface area contributed by atoms with E-state index >= 15 is 0 Å². The SMILES string of the molecule is Cc1ccc(N2C(=O)CC(C#N)C2C)cc1. The molecule has 1 fully saturated rings. The van der Waals surface area contributed by atoms with Crippen molar-refractivity contribution in [1.82, 2.24) is 0 Å². The van der Waals surface area contributed by atoms with Gasteiger partial charge < -0.3 is 4.90 Å². The third kappa shape index (κ3) is 1.67. The van der Waals surface area contributed by atoms with Gasteiger partial charge in [0.05, 0.1) is 18.0 Å². The average Bonchev–Trinajstić information content (AvgIpc) is 2.56. The van der Waals surface area contributed by atoms with Crippen molar-refractivity contribution in [2.75, 3.05) is 4.90 Å². The molecule has 0 aliphatic carbocycles. The molecule has 16 heavy (non-hydrogen) atoms. The first kappa shape index (κ1) is 10.7. The third-order valence-electron chi connectivity index (χ3n) is 3.13. The molecule has 2 rings (SSSR count). The normalized spacial score (nSPS) is 24.6. The van der Waals surface area contributed by atoms with Gasteiger partial charge in [0.2, 0.25) is 5.91 Å². The first-order chi connectivity index (χ1) is 7.63. The molecule has 0 N–H and O–H groups in total. The Kier molecular flexibility index (Phi) is 2.66. The van der Waals surface area contributed by atoms with Crippen molar-refractivity contribution in [2.45, 2.75) is 26.3 Å². The molecule has 1 aromatic rings. The second kappa shape index (κ2) is 3.97. The molecule has 2 atom stereocenters. The molecule has 2 unspecified atom stereocenters. The van der Waals surface area contributed by atoms with Crippen LogP contribution in [0.4, 0.5) is 5.69 Å². The summed E-state index contributed by atoms with van der Waals surface area (Å²) in [5.41, 5.74) is 2.06. The quantitative estimate of drug-likeness (QED) is 0.719. The van der Waals surface area contributed by atoms with Crippen LogP contribution in [-0.4, -0.2) is 11.9 Å². The maximum Gasteiger partial charge on any atom is 0.228 e. The minimum Gasteiger partial charge on any atom is -0.308 e. The first-order valence-corrected chi connectivity index (χ1v) is 5.42. The molecular formula is C13H14N2O. The van der Waals surface area contributed by atoms with Crippen LogP contribution >= 0.6 is 0 Å². The molecule has 1 aromatic carbocycles. The van der Waals surface area contributed by atoms with E-state index in [1.807, 2.05) is 38.1 Å². The van der Waals surface area contributed by atoms with Gasteiger partial charge in [0.15, 0.2) is 0 Å². The maximum absolute atomic E-state index is 11.8. The van der Waals surface area contributed by atoms with E-state index in [2.05, 4.69) is 6.07 Å². The van der Waals surface area contributed by atoms with E-state index in [9.17, 15) is 4.79 Å². The minimum absolute atomic E-state index is 0.0276. The highest BCUT2D eigenvalue weighted by Crippen LogP contribution is 2.30. The Morgan fingerprint density at radius 1 is 1.38 bits per heavy atom. The summed E-state index contributed by atoms with van der Waals surface area (Å²) in [5.74, 6) is -0.142. The summed E-state index contributed by atoms with van der Waals surface area (Å²) < 4.78 is 0. The van der Waals surface area contributed by atoms with E-state index in [0.717, 1.165) is 5.69 Å². The lowest BCUT2D eigenvalue weighted by atomic mass is 10.0. The van der Waals surface area contributed by atoms with Gasteiger partial charge in [-0.15, -0.1) is 0 Å². The van der Waals surface area contributed by atoms with Crippen molar-refractivity contribution in [3.8, 4) is 6.07 Å². The van der Waals surface area contributed by atoms with Gasteiger partial charge in [-0.25, -0.2) is 0 Å². The second-order valence-corrected chi connectivity index (χ2v) is 4.28. The maximum atomic E-state index is 11.8. The number of nitriles is 1. The number of hydrogen-bond donors (Lipinski definition) is 0. The van der Waals surface area contributed by atoms with Gasteiger partial charge in [-0.2, -0.15) is 5.26 Å². The summed E-state index contributed by atoms with van der Waals surface area (Å²) in [5, 5.41) is 8.93. The highest BCUT2D eigenvalue weighted by molar-refractivity contribution is 5.96. The van der Waals surface area contributed by atoms with Crippen LogP contribution < -0.4 is 4.90 Å². The van der Waals surface area contributed by atoms with E-state index in [-0.39, 0.29) is 17.9 Å². The minimum atomic E-state index is -0.186. The number of amides is 1. The molecule has 0 bridgehead atoms. The lowest BCUT2D eigenvalue weighted by Gasteiger charge is -2.22. The second-order valence-electron chi connectivity index (χ2n) is 4.28. The zero-order chi connectivity index (χ0) is 11.7. The van der Waals surface area contributed by atoms with Crippen LogP contribution in [0.1, 0.15) is 18.9 Å². The van der Waals surface area contributed by atoms with Crippen molar-refractivity contribution in [2.24, 2.45) is 5.92 Å². The Labute approximate surface area is 95.3 Å². The highest BCUT2D eigenvalue weighted by atomic mass is 16.2. The molecule has 1 amide bonds. The molecule has 0 spiro atoms. The summed E-state index contributed by atoms with van der Waals surface area (Å²) in [4.78, 5) is 13.5. The van der Waals surface area contributed by atoms with Crippen LogP contribution in [0.2, 0.25) is 0 Å². The summed E-state index contributed by atoms with van der Waals surface area (Å²) in [6.45, 7) is 3.94. The molecule has 3 heteroatoms. The van der Waals surface area contributed by atoms with Crippen molar-refractivity contribution < 1.29 is 4.79 Å². The number of carbonyl (C=O) groups is 1. The third-order valence-corrected chi connectivity index (χ3v) is 3.13. The van der Waals surface area contributed by atoms with Crippen LogP contribution in [0.5, 0.6) is 0 Å². The number of rotatable bonds is 1. The molecule has 1 saturated heterocycles. The number of anilines is 1. The Hall–Kier alpha value is -1.82. The largest absolute Gasteiger partial charge is 0.308 e. The standard InChI is InChI=1S/C13H14N2O/c1-9-3-5-12(6-4-9)15-10(2)11(8-14)7-13(15)16/h3-6,10-11H,7H2,1-2H3. The number of aryl methyl sites for hydroxylation is 1. The molecule has 0 saturated carbocycles. The molecule has 1 aliphatic rings. The molecule has 0 aromatic heterocycles. The van der Waals surface area contributed by atoms with Crippen LogP contribution in [-0.2, 0) is 4.79 Å². The summed E-state index contributed by atoms with van der Waals surface area (Å²) >= 11 is 0. The monoisotopic (exact) mass is 214 g/mol. The highest BCUT2D eigenvalue weighted by Gasteiger charge is 2.37. The smallest absolute Gasteiger partial charge is 0.228 e. The van der Waals surface area contributed by atoms with Crippen LogP contribution in [0.3, 0.4) is 0 Å². The Morgan fingerprint density at radius 2 is 2.00 bits per heavy atom. The molecule has 82 valence electrons. The van der Waals surface area contributed by atoms with E-state index in [4.69, 9.17) is 5.26 Å². The van der Waals surface area contributed by atoms with Crippen LogP contribution in [0.15, 0.2) is 24.3 Å². The van der Waals surface area contributed by atoms with Crippen LogP contribution in [0.25, 0.3) is 0 Å². The molecule has 1 heterocycles. The first-order valence-electron chi connectivity index (χ1n) is 5.42. The molecule has 0 radical (unpaired) electrons. The van der Waals surface area contributed by atoms with Gasteiger partial charge in [0, 0.05) is 12.1 Å². The summed E-state index contributed by atoms with van der Waals surface area (Å²) in [6, 6.07) is 10.00. The number of carbonyl (C=O) groups excluding carboxylic acids is 1. The Morgan fingerprint density at radius 3 is 2.50 bits per heavy atom. The van der Waals surface area contributed by atoms with E-state index < -0.39 is 0 Å². The van der Waals surface area contributed by atoms with Gasteiger partial charge >= 0.3 is 0 Å². The fraction of sp³-hybridized carbons (Fsp3) is 0.385. The molecule has 1 aliphatic heterocycles. The fourth-order valence-corrected chi connectivity index (χ4v) is 2.10. The van der Waals surface area contributed by atoms with Gasteiger partial charge in [0.25, 0.3) is 0 Å². The van der Waals surface area contributed by atoms with Crippen LogP contribution in [0, 0.1) is 24.2 Å². The van der Waals surface area contributed by atoms with Gasteiger partial charge in [-0.05, 0) is 26.0 Å². The zero-order valence-corrected chi connectivity index (χ0v) is 9.47. The zero-order valence-electron chi connectivity index (χ0n) is 9.47. The Balaban J connectivity index is 2.31. The van der Waals surface area contributed by atoms with Crippen molar-refractivity contribution in [1.29, 1.82) is 5.26 Å². The van der Waals surface area contributed by atoms with E-state index in [1.165, 1.54) is 5.56 Å². The average molecular weight is 214 g/mol. The van der Waals surface area contributed by atoms with Crippen molar-refractivity contribution >= 4 is 11.6 Å². The van der Waals surface area contributed by atoms with E-state index in [1.54, 1.807) is 4.90 Å². The predicted octanol–water partition coefficient (Wildman–Crippen LogP) is 2.26. The lowest BCUT2D eigenvalue weighted by molar-refractivity contribution is -0.117.